The molecule has 0 aliphatic rings. The highest BCUT2D eigenvalue weighted by atomic mass is 35.5. The van der Waals surface area contributed by atoms with Crippen LogP contribution in [0.25, 0.3) is 5.69 Å². The smallest absolute Gasteiger partial charge is 0.280 e. The number of hydrogen-bond donors (Lipinski definition) is 2. The van der Waals surface area contributed by atoms with Gasteiger partial charge in [-0.05, 0) is 36.8 Å². The number of aryl methyl sites for hydroxylation is 1. The summed E-state index contributed by atoms with van der Waals surface area (Å²) < 4.78 is 33.3. The summed E-state index contributed by atoms with van der Waals surface area (Å²) in [6.07, 6.45) is 1.17. The van der Waals surface area contributed by atoms with E-state index in [2.05, 4.69) is 15.6 Å². The Morgan fingerprint density at radius 3 is 2.64 bits per heavy atom. The van der Waals surface area contributed by atoms with Crippen LogP contribution in [0.1, 0.15) is 21.5 Å². The molecule has 1 heterocycles. The van der Waals surface area contributed by atoms with E-state index >= 15 is 0 Å². The molecule has 33 heavy (non-hydrogen) atoms. The minimum atomic E-state index is -0.804. The molecule has 2 N–H and O–H groups in total. The van der Waals surface area contributed by atoms with Crippen molar-refractivity contribution in [2.24, 2.45) is 0 Å². The molecule has 0 fully saturated rings. The molecular formula is C22H19ClF2N4O4. The Balaban J connectivity index is 1.85. The highest BCUT2D eigenvalue weighted by Crippen LogP contribution is 2.21. The summed E-state index contributed by atoms with van der Waals surface area (Å²) in [7, 11) is 1.45. The Morgan fingerprint density at radius 1 is 1.18 bits per heavy atom. The Kier molecular flexibility index (Phi) is 7.39. The second-order valence-electron chi connectivity index (χ2n) is 6.92. The fraction of sp³-hybridized carbons (Fsp3) is 0.182. The van der Waals surface area contributed by atoms with Crippen LogP contribution >= 0.6 is 11.6 Å². The molecule has 0 saturated carbocycles. The molecular weight excluding hydrogens is 458 g/mol. The van der Waals surface area contributed by atoms with E-state index in [1.165, 1.54) is 25.5 Å². The molecule has 0 aliphatic carbocycles. The standard InChI is InChI=1S/C22H19ClF2N4O4/c1-12-3-4-13(20(31)27-9-18(30)26-2)7-17(12)29-11-28-21(19(23)22(29)32)33-10-14-5-6-15(24)8-16(14)25/h3-8,11H,9-10H2,1-2H3,(H,26,30)(H,27,31). The quantitative estimate of drug-likeness (QED) is 0.545. The van der Waals surface area contributed by atoms with Crippen LogP contribution in [-0.2, 0) is 11.4 Å². The summed E-state index contributed by atoms with van der Waals surface area (Å²) in [5.41, 5.74) is 0.602. The number of nitrogens with one attached hydrogen (secondary N) is 2. The number of aromatic nitrogens is 2. The van der Waals surface area contributed by atoms with Gasteiger partial charge in [-0.1, -0.05) is 17.7 Å². The number of rotatable bonds is 7. The van der Waals surface area contributed by atoms with Gasteiger partial charge in [0.25, 0.3) is 11.5 Å². The van der Waals surface area contributed by atoms with Crippen LogP contribution < -0.4 is 20.9 Å². The topological polar surface area (TPSA) is 102 Å². The summed E-state index contributed by atoms with van der Waals surface area (Å²) in [5, 5.41) is 4.51. The Hall–Kier alpha value is -3.79. The minimum Gasteiger partial charge on any atom is -0.471 e. The van der Waals surface area contributed by atoms with E-state index in [4.69, 9.17) is 16.3 Å². The van der Waals surface area contributed by atoms with Gasteiger partial charge in [0.05, 0.1) is 12.2 Å². The van der Waals surface area contributed by atoms with Crippen molar-refractivity contribution in [1.82, 2.24) is 20.2 Å². The Bertz CT molecular complexity index is 1280. The van der Waals surface area contributed by atoms with Gasteiger partial charge in [0.2, 0.25) is 11.8 Å². The highest BCUT2D eigenvalue weighted by molar-refractivity contribution is 6.31. The normalized spacial score (nSPS) is 10.6. The van der Waals surface area contributed by atoms with E-state index in [0.717, 1.165) is 10.6 Å². The molecule has 172 valence electrons. The van der Waals surface area contributed by atoms with Gasteiger partial charge in [0, 0.05) is 24.2 Å². The molecule has 0 atom stereocenters. The molecule has 2 amide bonds. The summed E-state index contributed by atoms with van der Waals surface area (Å²) in [4.78, 5) is 40.5. The molecule has 3 aromatic rings. The number of benzene rings is 2. The number of carbonyl (C=O) groups is 2. The molecule has 11 heteroatoms. The molecule has 0 aliphatic heterocycles. The van der Waals surface area contributed by atoms with Gasteiger partial charge >= 0.3 is 0 Å². The van der Waals surface area contributed by atoms with Crippen molar-refractivity contribution < 1.29 is 23.1 Å². The van der Waals surface area contributed by atoms with Crippen LogP contribution in [0.15, 0.2) is 47.5 Å². The van der Waals surface area contributed by atoms with Crippen molar-refractivity contribution in [3.8, 4) is 11.6 Å². The maximum absolute atomic E-state index is 13.8. The number of amides is 2. The SMILES string of the molecule is CNC(=O)CNC(=O)c1ccc(C)c(-n2cnc(OCc3ccc(F)cc3F)c(Cl)c2=O)c1. The minimum absolute atomic E-state index is 0.0600. The average molecular weight is 477 g/mol. The first-order valence-electron chi connectivity index (χ1n) is 9.65. The maximum Gasteiger partial charge on any atom is 0.280 e. The van der Waals surface area contributed by atoms with Crippen molar-refractivity contribution in [2.75, 3.05) is 13.6 Å². The predicted molar refractivity (Wildman–Crippen MR) is 117 cm³/mol. The fourth-order valence-electron chi connectivity index (χ4n) is 2.83. The molecule has 0 saturated heterocycles. The maximum atomic E-state index is 13.8. The van der Waals surface area contributed by atoms with Gasteiger partial charge in [-0.3, -0.25) is 19.0 Å². The summed E-state index contributed by atoms with van der Waals surface area (Å²) in [6, 6.07) is 7.65. The van der Waals surface area contributed by atoms with E-state index in [1.807, 2.05) is 0 Å². The van der Waals surface area contributed by atoms with Crippen LogP contribution in [0.4, 0.5) is 8.78 Å². The number of ether oxygens (including phenoxy) is 1. The second-order valence-corrected chi connectivity index (χ2v) is 7.30. The molecule has 0 unspecified atom stereocenters. The molecule has 0 radical (unpaired) electrons. The molecule has 1 aromatic heterocycles. The van der Waals surface area contributed by atoms with Crippen LogP contribution in [0, 0.1) is 18.6 Å². The van der Waals surface area contributed by atoms with Gasteiger partial charge < -0.3 is 15.4 Å². The van der Waals surface area contributed by atoms with Crippen LogP contribution in [0.5, 0.6) is 5.88 Å². The van der Waals surface area contributed by atoms with Crippen LogP contribution in [0.2, 0.25) is 5.02 Å². The average Bonchev–Trinajstić information content (AvgIpc) is 2.79. The van der Waals surface area contributed by atoms with Gasteiger partial charge in [-0.25, -0.2) is 13.8 Å². The number of halogens is 3. The van der Waals surface area contributed by atoms with Gasteiger partial charge in [0.1, 0.15) is 24.6 Å². The van der Waals surface area contributed by atoms with Gasteiger partial charge in [-0.15, -0.1) is 0 Å². The number of likely N-dealkylation sites (N-methyl/N-ethyl adjacent to an activating group) is 1. The molecule has 8 nitrogen and oxygen atoms in total. The molecule has 2 aromatic carbocycles. The largest absolute Gasteiger partial charge is 0.471 e. The van der Waals surface area contributed by atoms with E-state index in [9.17, 15) is 23.2 Å². The number of nitrogens with zero attached hydrogens (tertiary/aromatic N) is 2. The van der Waals surface area contributed by atoms with Crippen molar-refractivity contribution in [3.05, 3.63) is 86.4 Å². The summed E-state index contributed by atoms with van der Waals surface area (Å²) in [6.45, 7) is 1.21. The lowest BCUT2D eigenvalue weighted by molar-refractivity contribution is -0.119. The lowest BCUT2D eigenvalue weighted by atomic mass is 10.1. The fourth-order valence-corrected chi connectivity index (χ4v) is 3.03. The van der Waals surface area contributed by atoms with Crippen molar-refractivity contribution in [2.45, 2.75) is 13.5 Å². The molecule has 3 rings (SSSR count). The lowest BCUT2D eigenvalue weighted by Crippen LogP contribution is -2.35. The van der Waals surface area contributed by atoms with Crippen LogP contribution in [0.3, 0.4) is 0 Å². The zero-order chi connectivity index (χ0) is 24.1. The van der Waals surface area contributed by atoms with E-state index < -0.39 is 23.1 Å². The van der Waals surface area contributed by atoms with Crippen molar-refractivity contribution in [1.29, 1.82) is 0 Å². The zero-order valence-electron chi connectivity index (χ0n) is 17.6. The van der Waals surface area contributed by atoms with E-state index in [0.29, 0.717) is 17.3 Å². The monoisotopic (exact) mass is 476 g/mol. The predicted octanol–water partition coefficient (Wildman–Crippen LogP) is 2.53. The van der Waals surface area contributed by atoms with Gasteiger partial charge in [0.15, 0.2) is 5.02 Å². The lowest BCUT2D eigenvalue weighted by Gasteiger charge is -2.13. The summed E-state index contributed by atoms with van der Waals surface area (Å²) in [5.74, 6) is -2.62. The number of hydrogen-bond acceptors (Lipinski definition) is 5. The first kappa shape index (κ1) is 23.9. The Morgan fingerprint density at radius 2 is 1.94 bits per heavy atom. The van der Waals surface area contributed by atoms with Crippen molar-refractivity contribution in [3.63, 3.8) is 0 Å². The van der Waals surface area contributed by atoms with E-state index in [-0.39, 0.29) is 41.1 Å². The first-order valence-corrected chi connectivity index (χ1v) is 10.0. The van der Waals surface area contributed by atoms with Crippen LogP contribution in [-0.4, -0.2) is 35.0 Å². The highest BCUT2D eigenvalue weighted by Gasteiger charge is 2.16. The number of carbonyl (C=O) groups excluding carboxylic acids is 2. The van der Waals surface area contributed by atoms with Gasteiger partial charge in [-0.2, -0.15) is 0 Å². The molecule has 0 bridgehead atoms. The third-order valence-corrected chi connectivity index (χ3v) is 5.01. The first-order chi connectivity index (χ1) is 15.7. The van der Waals surface area contributed by atoms with E-state index in [1.54, 1.807) is 19.1 Å². The third-order valence-electron chi connectivity index (χ3n) is 4.68. The van der Waals surface area contributed by atoms with Crippen molar-refractivity contribution >= 4 is 23.4 Å². The third kappa shape index (κ3) is 5.53. The second kappa shape index (κ2) is 10.2. The molecule has 0 spiro atoms. The summed E-state index contributed by atoms with van der Waals surface area (Å²) >= 11 is 6.14. The Labute approximate surface area is 192 Å². The zero-order valence-corrected chi connectivity index (χ0v) is 18.4.